The number of hydrogen-bond acceptors (Lipinski definition) is 5. The van der Waals surface area contributed by atoms with Crippen molar-refractivity contribution in [3.63, 3.8) is 0 Å². The Morgan fingerprint density at radius 3 is 3.12 bits per heavy atom. The van der Waals surface area contributed by atoms with E-state index in [2.05, 4.69) is 25.7 Å². The van der Waals surface area contributed by atoms with Crippen molar-refractivity contribution < 1.29 is 4.79 Å². The molecule has 2 N–H and O–H groups in total. The first-order valence-electron chi connectivity index (χ1n) is 8.72. The largest absolute Gasteiger partial charge is 0.355 e. The van der Waals surface area contributed by atoms with Gasteiger partial charge in [0, 0.05) is 44.4 Å². The fraction of sp³-hybridized carbons (Fsp3) is 0.444. The SMILES string of the molecule is O=C(CNCc1cc(C=NC2CC2)ccn1)NCCCn1cccn1. The molecule has 2 heterocycles. The molecule has 1 aliphatic rings. The van der Waals surface area contributed by atoms with Crippen LogP contribution in [0.25, 0.3) is 0 Å². The van der Waals surface area contributed by atoms with Gasteiger partial charge in [-0.15, -0.1) is 0 Å². The second kappa shape index (κ2) is 9.08. The predicted molar refractivity (Wildman–Crippen MR) is 96.4 cm³/mol. The van der Waals surface area contributed by atoms with Gasteiger partial charge in [-0.25, -0.2) is 0 Å². The van der Waals surface area contributed by atoms with Crippen molar-refractivity contribution in [1.82, 2.24) is 25.4 Å². The van der Waals surface area contributed by atoms with Gasteiger partial charge in [-0.1, -0.05) is 0 Å². The third kappa shape index (κ3) is 6.46. The maximum absolute atomic E-state index is 11.8. The average Bonchev–Trinajstić information content (AvgIpc) is 3.31. The third-order valence-electron chi connectivity index (χ3n) is 3.86. The van der Waals surface area contributed by atoms with Gasteiger partial charge in [0.15, 0.2) is 0 Å². The van der Waals surface area contributed by atoms with Gasteiger partial charge in [-0.05, 0) is 43.0 Å². The summed E-state index contributed by atoms with van der Waals surface area (Å²) in [6, 6.07) is 6.36. The lowest BCUT2D eigenvalue weighted by molar-refractivity contribution is -0.120. The molecule has 3 rings (SSSR count). The molecule has 1 fully saturated rings. The van der Waals surface area contributed by atoms with Crippen molar-refractivity contribution in [2.75, 3.05) is 13.1 Å². The maximum atomic E-state index is 11.8. The summed E-state index contributed by atoms with van der Waals surface area (Å²) in [7, 11) is 0. The molecule has 1 amide bonds. The second-order valence-corrected chi connectivity index (χ2v) is 6.17. The van der Waals surface area contributed by atoms with Gasteiger partial charge in [0.25, 0.3) is 0 Å². The molecule has 1 aliphatic carbocycles. The minimum absolute atomic E-state index is 0.00749. The van der Waals surface area contributed by atoms with Gasteiger partial charge >= 0.3 is 0 Å². The molecule has 2 aromatic rings. The Morgan fingerprint density at radius 1 is 1.40 bits per heavy atom. The van der Waals surface area contributed by atoms with E-state index in [1.165, 1.54) is 12.8 Å². The number of nitrogens with zero attached hydrogens (tertiary/aromatic N) is 4. The summed E-state index contributed by atoms with van der Waals surface area (Å²) >= 11 is 0. The number of rotatable bonds is 10. The number of aromatic nitrogens is 3. The predicted octanol–water partition coefficient (Wildman–Crippen LogP) is 1.16. The van der Waals surface area contributed by atoms with Crippen LogP contribution in [0.5, 0.6) is 0 Å². The van der Waals surface area contributed by atoms with Crippen LogP contribution in [0.4, 0.5) is 0 Å². The molecule has 1 saturated carbocycles. The van der Waals surface area contributed by atoms with E-state index in [1.807, 2.05) is 35.3 Å². The molecule has 2 aromatic heterocycles. The Labute approximate surface area is 147 Å². The van der Waals surface area contributed by atoms with Crippen molar-refractivity contribution in [1.29, 1.82) is 0 Å². The highest BCUT2D eigenvalue weighted by molar-refractivity contribution is 5.80. The number of nitrogens with one attached hydrogen (secondary N) is 2. The van der Waals surface area contributed by atoms with Crippen LogP contribution in [0.3, 0.4) is 0 Å². The smallest absolute Gasteiger partial charge is 0.233 e. The lowest BCUT2D eigenvalue weighted by atomic mass is 10.2. The highest BCUT2D eigenvalue weighted by Gasteiger charge is 2.18. The van der Waals surface area contributed by atoms with Crippen LogP contribution >= 0.6 is 0 Å². The first-order chi connectivity index (χ1) is 12.3. The summed E-state index contributed by atoms with van der Waals surface area (Å²) < 4.78 is 1.86. The van der Waals surface area contributed by atoms with E-state index in [9.17, 15) is 4.79 Å². The van der Waals surface area contributed by atoms with E-state index in [0.717, 1.165) is 24.2 Å². The zero-order valence-corrected chi connectivity index (χ0v) is 14.3. The highest BCUT2D eigenvalue weighted by Crippen LogP contribution is 2.23. The maximum Gasteiger partial charge on any atom is 0.233 e. The van der Waals surface area contributed by atoms with Crippen LogP contribution in [0.2, 0.25) is 0 Å². The molecular weight excluding hydrogens is 316 g/mol. The van der Waals surface area contributed by atoms with Gasteiger partial charge in [0.05, 0.1) is 18.3 Å². The summed E-state index contributed by atoms with van der Waals surface area (Å²) in [5.41, 5.74) is 1.97. The lowest BCUT2D eigenvalue weighted by Crippen LogP contribution is -2.34. The topological polar surface area (TPSA) is 84.2 Å². The van der Waals surface area contributed by atoms with Crippen LogP contribution < -0.4 is 10.6 Å². The van der Waals surface area contributed by atoms with Gasteiger partial charge < -0.3 is 10.6 Å². The van der Waals surface area contributed by atoms with Gasteiger partial charge in [0.1, 0.15) is 0 Å². The monoisotopic (exact) mass is 340 g/mol. The number of amides is 1. The van der Waals surface area contributed by atoms with E-state index in [4.69, 9.17) is 0 Å². The molecule has 0 atom stereocenters. The Bertz CT molecular complexity index is 693. The van der Waals surface area contributed by atoms with Crippen molar-refractivity contribution in [2.45, 2.75) is 38.4 Å². The zero-order chi connectivity index (χ0) is 17.3. The van der Waals surface area contributed by atoms with Crippen molar-refractivity contribution in [2.24, 2.45) is 4.99 Å². The molecule has 0 aliphatic heterocycles. The van der Waals surface area contributed by atoms with Gasteiger partial charge in [-0.2, -0.15) is 5.10 Å². The summed E-state index contributed by atoms with van der Waals surface area (Å²) in [5.74, 6) is -0.00749. The van der Waals surface area contributed by atoms with Crippen LogP contribution in [-0.4, -0.2) is 46.0 Å². The van der Waals surface area contributed by atoms with E-state index in [0.29, 0.717) is 19.1 Å². The Morgan fingerprint density at radius 2 is 2.32 bits per heavy atom. The standard InChI is InChI=1S/C18H24N6O/c25-18(21-6-1-9-24-10-2-7-23-24)14-19-13-17-11-15(5-8-20-17)12-22-16-3-4-16/h2,5,7-8,10-12,16,19H,1,3-4,6,9,13-14H2,(H,21,25). The molecule has 0 aromatic carbocycles. The quantitative estimate of drug-likeness (QED) is 0.502. The molecule has 0 bridgehead atoms. The first kappa shape index (κ1) is 17.3. The molecule has 0 spiro atoms. The van der Waals surface area contributed by atoms with E-state index in [1.54, 1.807) is 12.4 Å². The molecule has 132 valence electrons. The number of aliphatic imine (C=N–C) groups is 1. The summed E-state index contributed by atoms with van der Waals surface area (Å²) in [4.78, 5) is 20.6. The fourth-order valence-electron chi connectivity index (χ4n) is 2.36. The van der Waals surface area contributed by atoms with Crippen molar-refractivity contribution in [3.8, 4) is 0 Å². The first-order valence-corrected chi connectivity index (χ1v) is 8.72. The van der Waals surface area contributed by atoms with Crippen LogP contribution in [0.15, 0.2) is 41.8 Å². The van der Waals surface area contributed by atoms with E-state index >= 15 is 0 Å². The van der Waals surface area contributed by atoms with Crippen LogP contribution in [-0.2, 0) is 17.9 Å². The normalized spacial score (nSPS) is 14.1. The van der Waals surface area contributed by atoms with Gasteiger partial charge in [0.2, 0.25) is 5.91 Å². The summed E-state index contributed by atoms with van der Waals surface area (Å²) in [5, 5.41) is 10.1. The fourth-order valence-corrected chi connectivity index (χ4v) is 2.36. The van der Waals surface area contributed by atoms with Crippen LogP contribution in [0.1, 0.15) is 30.5 Å². The Kier molecular flexibility index (Phi) is 6.28. The highest BCUT2D eigenvalue weighted by atomic mass is 16.1. The number of aryl methyl sites for hydroxylation is 1. The second-order valence-electron chi connectivity index (χ2n) is 6.17. The summed E-state index contributed by atoms with van der Waals surface area (Å²) in [6.45, 7) is 2.29. The molecular formula is C18H24N6O. The molecule has 25 heavy (non-hydrogen) atoms. The summed E-state index contributed by atoms with van der Waals surface area (Å²) in [6.07, 6.45) is 10.6. The zero-order valence-electron chi connectivity index (χ0n) is 14.3. The molecule has 7 heteroatoms. The lowest BCUT2D eigenvalue weighted by Gasteiger charge is -2.07. The minimum atomic E-state index is -0.00749. The van der Waals surface area contributed by atoms with E-state index in [-0.39, 0.29) is 12.5 Å². The minimum Gasteiger partial charge on any atom is -0.355 e. The van der Waals surface area contributed by atoms with Gasteiger partial charge in [-0.3, -0.25) is 19.5 Å². The number of pyridine rings is 1. The number of carbonyl (C=O) groups is 1. The average molecular weight is 340 g/mol. The van der Waals surface area contributed by atoms with Crippen molar-refractivity contribution in [3.05, 3.63) is 48.0 Å². The molecule has 7 nitrogen and oxygen atoms in total. The Hall–Kier alpha value is -2.54. The molecule has 0 radical (unpaired) electrons. The number of carbonyl (C=O) groups excluding carboxylic acids is 1. The molecule has 0 unspecified atom stereocenters. The third-order valence-corrected chi connectivity index (χ3v) is 3.86. The van der Waals surface area contributed by atoms with E-state index < -0.39 is 0 Å². The number of hydrogen-bond donors (Lipinski definition) is 2. The van der Waals surface area contributed by atoms with Crippen LogP contribution in [0, 0.1) is 0 Å². The molecule has 0 saturated heterocycles. The Balaban J connectivity index is 1.30. The van der Waals surface area contributed by atoms with Crippen molar-refractivity contribution >= 4 is 12.1 Å².